The first kappa shape index (κ1) is 26.0. The molecule has 0 N–H and O–H groups in total. The van der Waals surface area contributed by atoms with Crippen molar-refractivity contribution >= 4 is 18.5 Å². The third-order valence-electron chi connectivity index (χ3n) is 7.65. The van der Waals surface area contributed by atoms with Crippen LogP contribution in [0.15, 0.2) is 46.6 Å². The van der Waals surface area contributed by atoms with Crippen LogP contribution in [0.25, 0.3) is 0 Å². The highest BCUT2D eigenvalue weighted by molar-refractivity contribution is 6.01. The van der Waals surface area contributed by atoms with E-state index in [0.29, 0.717) is 24.9 Å². The average Bonchev–Trinajstić information content (AvgIpc) is 3.10. The molecule has 0 aromatic carbocycles. The largest absolute Gasteiger partial charge is 0.468 e. The van der Waals surface area contributed by atoms with Gasteiger partial charge in [-0.3, -0.25) is 9.59 Å². The normalized spacial score (nSPS) is 29.7. The van der Waals surface area contributed by atoms with E-state index >= 15 is 0 Å². The molecule has 4 rings (SSSR count). The highest BCUT2D eigenvalue weighted by Crippen LogP contribution is 2.61. The summed E-state index contributed by atoms with van der Waals surface area (Å²) in [5.74, 6) is 0.940. The van der Waals surface area contributed by atoms with Gasteiger partial charge in [0.05, 0.1) is 6.61 Å². The van der Waals surface area contributed by atoms with Gasteiger partial charge in [-0.2, -0.15) is 0 Å². The minimum Gasteiger partial charge on any atom is -0.468 e. The second-order valence-electron chi connectivity index (χ2n) is 9.63. The van der Waals surface area contributed by atoms with Crippen LogP contribution in [0.3, 0.4) is 0 Å². The van der Waals surface area contributed by atoms with E-state index in [-0.39, 0.29) is 11.2 Å². The molecule has 3 unspecified atom stereocenters. The molecule has 176 valence electrons. The maximum Gasteiger partial charge on any atom is 0.293 e. The third-order valence-corrected chi connectivity index (χ3v) is 7.65. The Balaban J connectivity index is 0.000000278. The molecular weight excluding hydrogens is 400 g/mol. The van der Waals surface area contributed by atoms with Gasteiger partial charge in [0.2, 0.25) is 0 Å². The summed E-state index contributed by atoms with van der Waals surface area (Å²) in [7, 11) is 0. The SMILES string of the molecule is CC1CC=C2C3=C(CCC21C)C1(C)C=CC(=O)C=C1CC3.CCC=O.CCCCOC=O. The van der Waals surface area contributed by atoms with Crippen molar-refractivity contribution in [2.24, 2.45) is 16.7 Å². The number of carbonyl (C=O) groups excluding carboxylic acids is 3. The van der Waals surface area contributed by atoms with E-state index in [1.807, 2.05) is 19.9 Å². The molecule has 0 aliphatic heterocycles. The van der Waals surface area contributed by atoms with Crippen molar-refractivity contribution in [3.63, 3.8) is 0 Å². The topological polar surface area (TPSA) is 60.4 Å². The molecule has 0 bridgehead atoms. The summed E-state index contributed by atoms with van der Waals surface area (Å²) < 4.78 is 4.39. The van der Waals surface area contributed by atoms with Gasteiger partial charge < -0.3 is 9.53 Å². The fourth-order valence-corrected chi connectivity index (χ4v) is 5.35. The summed E-state index contributed by atoms with van der Waals surface area (Å²) in [5.41, 5.74) is 6.61. The Morgan fingerprint density at radius 2 is 1.88 bits per heavy atom. The number of allylic oxidation sites excluding steroid dienone is 8. The number of unbranched alkanes of at least 4 members (excludes halogenated alkanes) is 1. The molecule has 0 spiro atoms. The van der Waals surface area contributed by atoms with Crippen molar-refractivity contribution in [1.29, 1.82) is 0 Å². The smallest absolute Gasteiger partial charge is 0.293 e. The van der Waals surface area contributed by atoms with Gasteiger partial charge in [0, 0.05) is 11.8 Å². The van der Waals surface area contributed by atoms with Gasteiger partial charge in [-0.05, 0) is 80.1 Å². The Kier molecular flexibility index (Phi) is 9.42. The second kappa shape index (κ2) is 11.6. The molecule has 0 saturated carbocycles. The first-order valence-corrected chi connectivity index (χ1v) is 12.1. The average molecular weight is 441 g/mol. The molecule has 0 aromatic heterocycles. The number of hydrogen-bond donors (Lipinski definition) is 0. The van der Waals surface area contributed by atoms with Gasteiger partial charge in [0.25, 0.3) is 6.47 Å². The van der Waals surface area contributed by atoms with Crippen LogP contribution in [0.4, 0.5) is 0 Å². The fourth-order valence-electron chi connectivity index (χ4n) is 5.35. The molecule has 4 aliphatic carbocycles. The van der Waals surface area contributed by atoms with Crippen LogP contribution in [0.5, 0.6) is 0 Å². The summed E-state index contributed by atoms with van der Waals surface area (Å²) in [6.45, 7) is 12.1. The Morgan fingerprint density at radius 1 is 1.16 bits per heavy atom. The van der Waals surface area contributed by atoms with E-state index in [0.717, 1.165) is 37.9 Å². The molecule has 3 atom stereocenters. The Labute approximate surface area is 193 Å². The van der Waals surface area contributed by atoms with E-state index in [1.54, 1.807) is 22.8 Å². The van der Waals surface area contributed by atoms with Gasteiger partial charge in [-0.25, -0.2) is 0 Å². The van der Waals surface area contributed by atoms with Gasteiger partial charge in [-0.15, -0.1) is 0 Å². The van der Waals surface area contributed by atoms with Crippen LogP contribution in [-0.2, 0) is 19.1 Å². The molecule has 0 aromatic rings. The minimum absolute atomic E-state index is 0.00942. The van der Waals surface area contributed by atoms with Gasteiger partial charge in [-0.1, -0.05) is 57.4 Å². The number of hydrogen-bond acceptors (Lipinski definition) is 4. The van der Waals surface area contributed by atoms with E-state index in [1.165, 1.54) is 24.8 Å². The van der Waals surface area contributed by atoms with Crippen LogP contribution >= 0.6 is 0 Å². The zero-order valence-electron chi connectivity index (χ0n) is 20.5. The zero-order chi connectivity index (χ0) is 23.8. The van der Waals surface area contributed by atoms with Crippen molar-refractivity contribution in [2.75, 3.05) is 6.61 Å². The molecule has 0 saturated heterocycles. The molecule has 4 aliphatic rings. The number of rotatable bonds is 5. The lowest BCUT2D eigenvalue weighted by atomic mass is 9.56. The predicted octanol–water partition coefficient (Wildman–Crippen LogP) is 6.47. The van der Waals surface area contributed by atoms with Crippen molar-refractivity contribution in [3.05, 3.63) is 46.6 Å². The van der Waals surface area contributed by atoms with Crippen LogP contribution in [-0.4, -0.2) is 25.1 Å². The molecule has 0 radical (unpaired) electrons. The first-order chi connectivity index (χ1) is 15.3. The lowest BCUT2D eigenvalue weighted by Gasteiger charge is -2.48. The Bertz CT molecular complexity index is 828. The maximum absolute atomic E-state index is 11.7. The number of carbonyl (C=O) groups is 3. The summed E-state index contributed by atoms with van der Waals surface area (Å²) in [6, 6.07) is 0. The summed E-state index contributed by atoms with van der Waals surface area (Å²) >= 11 is 0. The number of aldehydes is 1. The third kappa shape index (κ3) is 5.39. The number of ketones is 1. The molecule has 4 heteroatoms. The van der Waals surface area contributed by atoms with Crippen LogP contribution < -0.4 is 0 Å². The molecule has 32 heavy (non-hydrogen) atoms. The summed E-state index contributed by atoms with van der Waals surface area (Å²) in [4.78, 5) is 30.3. The van der Waals surface area contributed by atoms with Crippen LogP contribution in [0.1, 0.15) is 86.0 Å². The highest BCUT2D eigenvalue weighted by atomic mass is 16.5. The summed E-state index contributed by atoms with van der Waals surface area (Å²) in [6.07, 6.45) is 17.8. The van der Waals surface area contributed by atoms with Crippen molar-refractivity contribution in [3.8, 4) is 0 Å². The first-order valence-electron chi connectivity index (χ1n) is 12.1. The van der Waals surface area contributed by atoms with Gasteiger partial charge >= 0.3 is 0 Å². The van der Waals surface area contributed by atoms with E-state index in [4.69, 9.17) is 0 Å². The van der Waals surface area contributed by atoms with Crippen molar-refractivity contribution in [1.82, 2.24) is 0 Å². The number of ether oxygens (including phenoxy) is 1. The van der Waals surface area contributed by atoms with Crippen molar-refractivity contribution < 1.29 is 19.1 Å². The predicted molar refractivity (Wildman–Crippen MR) is 129 cm³/mol. The molecule has 0 fully saturated rings. The van der Waals surface area contributed by atoms with Gasteiger partial charge in [0.1, 0.15) is 6.29 Å². The van der Waals surface area contributed by atoms with Crippen molar-refractivity contribution in [2.45, 2.75) is 86.0 Å². The highest BCUT2D eigenvalue weighted by Gasteiger charge is 2.48. The number of fused-ring (bicyclic) bond motifs is 4. The zero-order valence-corrected chi connectivity index (χ0v) is 20.5. The molecular formula is C28H40O4. The maximum atomic E-state index is 11.7. The minimum atomic E-state index is 0.00942. The fraction of sp³-hybridized carbons (Fsp3) is 0.607. The molecule has 0 amide bonds. The van der Waals surface area contributed by atoms with E-state index < -0.39 is 0 Å². The monoisotopic (exact) mass is 440 g/mol. The van der Waals surface area contributed by atoms with Gasteiger partial charge in [0.15, 0.2) is 5.78 Å². The quantitative estimate of drug-likeness (QED) is 0.363. The van der Waals surface area contributed by atoms with Crippen LogP contribution in [0.2, 0.25) is 0 Å². The van der Waals surface area contributed by atoms with E-state index in [2.05, 4.69) is 37.7 Å². The lowest BCUT2D eigenvalue weighted by molar-refractivity contribution is -0.128. The lowest BCUT2D eigenvalue weighted by Crippen LogP contribution is -2.36. The Hall–Kier alpha value is -2.23. The van der Waals surface area contributed by atoms with E-state index in [9.17, 15) is 14.4 Å². The molecule has 0 heterocycles. The standard InChI is InChI=1S/C20H24O.C5H10O2.C3H6O/c1-13-4-7-17-16-6-5-14-12-15(21)8-10-20(14,3)18(16)9-11-19(13,17)2;1-2-3-4-7-5-6;1-2-3-4/h7-8,10,12-13H,4-6,9,11H2,1-3H3;5H,2-4H2,1H3;3H,2H2,1H3. The van der Waals surface area contributed by atoms with Crippen LogP contribution in [0, 0.1) is 16.7 Å². The molecule has 4 nitrogen and oxygen atoms in total. The Morgan fingerprint density at radius 3 is 2.50 bits per heavy atom. The second-order valence-corrected chi connectivity index (χ2v) is 9.63. The summed E-state index contributed by atoms with van der Waals surface area (Å²) in [5, 5.41) is 0.